The largest absolute Gasteiger partial charge is 0.392 e. The second-order valence-corrected chi connectivity index (χ2v) is 7.53. The Morgan fingerprint density at radius 3 is 2.67 bits per heavy atom. The van der Waals surface area contributed by atoms with Crippen LogP contribution in [0, 0.1) is 5.41 Å². The molecule has 0 bridgehead atoms. The molecule has 2 rings (SSSR count). The smallest absolute Gasteiger partial charge is 0.233 e. The number of carbonyl (C=O) groups is 1. The van der Waals surface area contributed by atoms with Crippen LogP contribution in [-0.2, 0) is 11.3 Å². The SMILES string of the molecule is NC(=S)C1(C(=O)NCc2ccc(Br)s2)CCCC1. The molecule has 3 N–H and O–H groups in total. The fourth-order valence-corrected chi connectivity index (χ4v) is 4.07. The van der Waals surface area contributed by atoms with Crippen LogP contribution in [0.15, 0.2) is 15.9 Å². The minimum atomic E-state index is -0.607. The van der Waals surface area contributed by atoms with Crippen LogP contribution in [0.4, 0.5) is 0 Å². The second kappa shape index (κ2) is 5.67. The normalized spacial score (nSPS) is 17.6. The number of thiocarbonyl (C=S) groups is 1. The molecule has 0 aromatic carbocycles. The van der Waals surface area contributed by atoms with Gasteiger partial charge in [0, 0.05) is 4.88 Å². The topological polar surface area (TPSA) is 55.1 Å². The van der Waals surface area contributed by atoms with Crippen LogP contribution in [0.1, 0.15) is 30.6 Å². The Bertz CT molecular complexity index is 466. The summed E-state index contributed by atoms with van der Waals surface area (Å²) in [5.74, 6) is -0.0166. The van der Waals surface area contributed by atoms with Crippen LogP contribution in [0.5, 0.6) is 0 Å². The first kappa shape index (κ1) is 14.0. The van der Waals surface area contributed by atoms with E-state index in [0.29, 0.717) is 11.5 Å². The highest BCUT2D eigenvalue weighted by atomic mass is 79.9. The van der Waals surface area contributed by atoms with Crippen LogP contribution in [0.3, 0.4) is 0 Å². The van der Waals surface area contributed by atoms with Gasteiger partial charge in [-0.1, -0.05) is 25.1 Å². The summed E-state index contributed by atoms with van der Waals surface area (Å²) in [6.07, 6.45) is 3.61. The van der Waals surface area contributed by atoms with Gasteiger partial charge in [-0.05, 0) is 40.9 Å². The highest BCUT2D eigenvalue weighted by molar-refractivity contribution is 9.11. The molecule has 1 amide bonds. The number of hydrogen-bond acceptors (Lipinski definition) is 3. The molecule has 0 saturated heterocycles. The van der Waals surface area contributed by atoms with Crippen molar-refractivity contribution in [3.8, 4) is 0 Å². The molecule has 0 radical (unpaired) electrons. The molecule has 1 aromatic rings. The number of rotatable bonds is 4. The van der Waals surface area contributed by atoms with Gasteiger partial charge in [0.25, 0.3) is 0 Å². The molecule has 18 heavy (non-hydrogen) atoms. The Labute approximate surface area is 124 Å². The van der Waals surface area contributed by atoms with E-state index in [-0.39, 0.29) is 5.91 Å². The van der Waals surface area contributed by atoms with Gasteiger partial charge < -0.3 is 11.1 Å². The third-order valence-corrected chi connectivity index (χ3v) is 5.43. The summed E-state index contributed by atoms with van der Waals surface area (Å²) in [7, 11) is 0. The van der Waals surface area contributed by atoms with E-state index in [4.69, 9.17) is 18.0 Å². The molecule has 3 nitrogen and oxygen atoms in total. The maximum Gasteiger partial charge on any atom is 0.233 e. The fraction of sp³-hybridized carbons (Fsp3) is 0.500. The molecule has 6 heteroatoms. The quantitative estimate of drug-likeness (QED) is 0.824. The summed E-state index contributed by atoms with van der Waals surface area (Å²) in [5.41, 5.74) is 5.17. The Morgan fingerprint density at radius 2 is 2.17 bits per heavy atom. The third-order valence-electron chi connectivity index (χ3n) is 3.42. The van der Waals surface area contributed by atoms with Crippen LogP contribution >= 0.6 is 39.5 Å². The van der Waals surface area contributed by atoms with Crippen molar-refractivity contribution in [2.24, 2.45) is 11.1 Å². The highest BCUT2D eigenvalue weighted by Gasteiger charge is 2.43. The predicted molar refractivity (Wildman–Crippen MR) is 81.6 cm³/mol. The fourth-order valence-electron chi connectivity index (χ4n) is 2.35. The lowest BCUT2D eigenvalue weighted by Crippen LogP contribution is -2.46. The highest BCUT2D eigenvalue weighted by Crippen LogP contribution is 2.38. The van der Waals surface area contributed by atoms with Gasteiger partial charge in [0.15, 0.2) is 0 Å². The molecule has 1 aromatic heterocycles. The molecule has 1 aliphatic rings. The van der Waals surface area contributed by atoms with Crippen molar-refractivity contribution in [1.29, 1.82) is 0 Å². The van der Waals surface area contributed by atoms with Gasteiger partial charge in [-0.25, -0.2) is 0 Å². The summed E-state index contributed by atoms with van der Waals surface area (Å²) < 4.78 is 1.07. The minimum Gasteiger partial charge on any atom is -0.392 e. The number of hydrogen-bond donors (Lipinski definition) is 2. The molecule has 0 aliphatic heterocycles. The molecule has 1 heterocycles. The van der Waals surface area contributed by atoms with Crippen molar-refractivity contribution in [1.82, 2.24) is 5.32 Å². The molecular formula is C12H15BrN2OS2. The molecule has 1 aliphatic carbocycles. The standard InChI is InChI=1S/C12H15BrN2OS2/c13-9-4-3-8(18-9)7-15-11(16)12(10(14)17)5-1-2-6-12/h3-4H,1-2,5-7H2,(H2,14,17)(H,15,16). The maximum atomic E-state index is 12.3. The van der Waals surface area contributed by atoms with Crippen LogP contribution < -0.4 is 11.1 Å². The summed E-state index contributed by atoms with van der Waals surface area (Å²) in [4.78, 5) is 13.8. The Balaban J connectivity index is 2.00. The molecule has 0 spiro atoms. The lowest BCUT2D eigenvalue weighted by molar-refractivity contribution is -0.127. The Hall–Kier alpha value is -0.460. The van der Waals surface area contributed by atoms with E-state index < -0.39 is 5.41 Å². The number of amides is 1. The van der Waals surface area contributed by atoms with Crippen molar-refractivity contribution < 1.29 is 4.79 Å². The second-order valence-electron chi connectivity index (χ2n) is 4.54. The lowest BCUT2D eigenvalue weighted by Gasteiger charge is -2.26. The first-order valence-corrected chi connectivity index (χ1v) is 7.89. The van der Waals surface area contributed by atoms with E-state index in [2.05, 4.69) is 21.2 Å². The van der Waals surface area contributed by atoms with Gasteiger partial charge >= 0.3 is 0 Å². The minimum absolute atomic E-state index is 0.0166. The molecule has 0 unspecified atom stereocenters. The van der Waals surface area contributed by atoms with E-state index in [1.54, 1.807) is 11.3 Å². The van der Waals surface area contributed by atoms with Gasteiger partial charge in [0.2, 0.25) is 5.91 Å². The third kappa shape index (κ3) is 2.75. The average Bonchev–Trinajstić information content (AvgIpc) is 2.95. The predicted octanol–water partition coefficient (Wildman–Crippen LogP) is 2.97. The molecule has 0 atom stereocenters. The number of thiophene rings is 1. The van der Waals surface area contributed by atoms with Crippen molar-refractivity contribution in [3.63, 3.8) is 0 Å². The Kier molecular flexibility index (Phi) is 4.40. The van der Waals surface area contributed by atoms with E-state index in [1.807, 2.05) is 12.1 Å². The number of carbonyl (C=O) groups excluding carboxylic acids is 1. The summed E-state index contributed by atoms with van der Waals surface area (Å²) in [6.45, 7) is 0.541. The van der Waals surface area contributed by atoms with Crippen molar-refractivity contribution in [3.05, 3.63) is 20.8 Å². The van der Waals surface area contributed by atoms with Crippen LogP contribution in [0.2, 0.25) is 0 Å². The number of nitrogens with two attached hydrogens (primary N) is 1. The zero-order chi connectivity index (χ0) is 13.2. The van der Waals surface area contributed by atoms with E-state index in [0.717, 1.165) is 34.3 Å². The monoisotopic (exact) mass is 346 g/mol. The van der Waals surface area contributed by atoms with Gasteiger partial charge in [0.05, 0.1) is 20.7 Å². The van der Waals surface area contributed by atoms with E-state index in [1.165, 1.54) is 0 Å². The van der Waals surface area contributed by atoms with Gasteiger partial charge in [-0.3, -0.25) is 4.79 Å². The van der Waals surface area contributed by atoms with Crippen LogP contribution in [0.25, 0.3) is 0 Å². The summed E-state index contributed by atoms with van der Waals surface area (Å²) in [5, 5.41) is 2.96. The first-order chi connectivity index (χ1) is 8.54. The molecule has 98 valence electrons. The summed E-state index contributed by atoms with van der Waals surface area (Å²) in [6, 6.07) is 3.97. The van der Waals surface area contributed by atoms with Crippen molar-refractivity contribution in [2.45, 2.75) is 32.2 Å². The summed E-state index contributed by atoms with van der Waals surface area (Å²) >= 11 is 10.1. The van der Waals surface area contributed by atoms with Gasteiger partial charge in [-0.15, -0.1) is 11.3 Å². The van der Waals surface area contributed by atoms with E-state index in [9.17, 15) is 4.79 Å². The maximum absolute atomic E-state index is 12.3. The van der Waals surface area contributed by atoms with Crippen LogP contribution in [-0.4, -0.2) is 10.9 Å². The van der Waals surface area contributed by atoms with E-state index >= 15 is 0 Å². The average molecular weight is 347 g/mol. The lowest BCUT2D eigenvalue weighted by atomic mass is 9.85. The van der Waals surface area contributed by atoms with Gasteiger partial charge in [-0.2, -0.15) is 0 Å². The molecule has 1 fully saturated rings. The zero-order valence-electron chi connectivity index (χ0n) is 9.87. The molecular weight excluding hydrogens is 332 g/mol. The van der Waals surface area contributed by atoms with Gasteiger partial charge in [0.1, 0.15) is 0 Å². The number of halogens is 1. The molecule has 1 saturated carbocycles. The first-order valence-electron chi connectivity index (χ1n) is 5.87. The Morgan fingerprint density at radius 1 is 1.50 bits per heavy atom. The zero-order valence-corrected chi connectivity index (χ0v) is 13.1. The number of nitrogens with one attached hydrogen (secondary N) is 1. The van der Waals surface area contributed by atoms with Crippen molar-refractivity contribution >= 4 is 50.4 Å². The van der Waals surface area contributed by atoms with Crippen molar-refractivity contribution in [2.75, 3.05) is 0 Å².